The van der Waals surface area contributed by atoms with E-state index in [0.29, 0.717) is 10.7 Å². The second-order valence-corrected chi connectivity index (χ2v) is 5.59. The highest BCUT2D eigenvalue weighted by Crippen LogP contribution is 2.30. The molecule has 0 aliphatic carbocycles. The number of halogens is 1. The van der Waals surface area contributed by atoms with E-state index in [0.717, 1.165) is 10.9 Å². The lowest BCUT2D eigenvalue weighted by Gasteiger charge is -2.18. The van der Waals surface area contributed by atoms with Crippen LogP contribution in [0.1, 0.15) is 20.8 Å². The van der Waals surface area contributed by atoms with Gasteiger partial charge in [0.25, 0.3) is 0 Å². The first-order chi connectivity index (χ1) is 8.39. The number of hydrogen-bond donors (Lipinski definition) is 1. The molecule has 0 atom stereocenters. The van der Waals surface area contributed by atoms with Crippen molar-refractivity contribution < 1.29 is 4.79 Å². The Hall–Kier alpha value is -1.61. The Bertz CT molecular complexity index is 602. The van der Waals surface area contributed by atoms with Gasteiger partial charge in [0.1, 0.15) is 0 Å². The summed E-state index contributed by atoms with van der Waals surface area (Å²) < 4.78 is 0. The minimum Gasteiger partial charge on any atom is -0.323 e. The first-order valence-corrected chi connectivity index (χ1v) is 6.12. The smallest absolute Gasteiger partial charge is 0.229 e. The number of fused-ring (bicyclic) bond motifs is 1. The highest BCUT2D eigenvalue weighted by atomic mass is 35.5. The minimum absolute atomic E-state index is 0.0820. The van der Waals surface area contributed by atoms with Gasteiger partial charge in [0.05, 0.1) is 22.4 Å². The first kappa shape index (κ1) is 12.8. The minimum atomic E-state index is -0.463. The van der Waals surface area contributed by atoms with Gasteiger partial charge in [-0.1, -0.05) is 50.6 Å². The van der Waals surface area contributed by atoms with Gasteiger partial charge >= 0.3 is 0 Å². The maximum Gasteiger partial charge on any atom is 0.229 e. The maximum absolute atomic E-state index is 11.9. The van der Waals surface area contributed by atoms with Crippen molar-refractivity contribution in [2.24, 2.45) is 5.41 Å². The molecule has 0 spiro atoms. The summed E-state index contributed by atoms with van der Waals surface area (Å²) in [4.78, 5) is 16.2. The van der Waals surface area contributed by atoms with Gasteiger partial charge in [0.2, 0.25) is 5.91 Å². The lowest BCUT2D eigenvalue weighted by molar-refractivity contribution is -0.123. The zero-order valence-electron chi connectivity index (χ0n) is 10.6. The molecular weight excluding hydrogens is 248 g/mol. The number of hydrogen-bond acceptors (Lipinski definition) is 2. The van der Waals surface area contributed by atoms with Crippen LogP contribution in [0.3, 0.4) is 0 Å². The molecule has 1 aromatic heterocycles. The van der Waals surface area contributed by atoms with Crippen molar-refractivity contribution in [1.29, 1.82) is 0 Å². The van der Waals surface area contributed by atoms with Crippen LogP contribution in [-0.4, -0.2) is 10.9 Å². The quantitative estimate of drug-likeness (QED) is 0.848. The molecule has 2 aromatic rings. The SMILES string of the molecule is CC(C)(C)C(=O)Nc1cnc2ccccc2c1Cl. The molecule has 0 saturated carbocycles. The molecule has 0 fully saturated rings. The van der Waals surface area contributed by atoms with E-state index in [-0.39, 0.29) is 5.91 Å². The average molecular weight is 263 g/mol. The molecule has 18 heavy (non-hydrogen) atoms. The second kappa shape index (κ2) is 4.58. The van der Waals surface area contributed by atoms with Crippen LogP contribution in [0.2, 0.25) is 5.02 Å². The van der Waals surface area contributed by atoms with Crippen molar-refractivity contribution in [2.75, 3.05) is 5.32 Å². The average Bonchev–Trinajstić information content (AvgIpc) is 2.32. The summed E-state index contributed by atoms with van der Waals surface area (Å²) in [6, 6.07) is 7.57. The van der Waals surface area contributed by atoms with Crippen molar-refractivity contribution in [3.63, 3.8) is 0 Å². The summed E-state index contributed by atoms with van der Waals surface area (Å²) in [5.74, 6) is -0.0820. The Kier molecular flexibility index (Phi) is 3.26. The molecule has 0 saturated heterocycles. The molecule has 0 radical (unpaired) electrons. The van der Waals surface area contributed by atoms with E-state index in [1.165, 1.54) is 0 Å². The molecule has 3 nitrogen and oxygen atoms in total. The summed E-state index contributed by atoms with van der Waals surface area (Å²) in [7, 11) is 0. The number of anilines is 1. The second-order valence-electron chi connectivity index (χ2n) is 5.21. The zero-order valence-corrected chi connectivity index (χ0v) is 11.4. The van der Waals surface area contributed by atoms with Gasteiger partial charge in [-0.25, -0.2) is 0 Å². The summed E-state index contributed by atoms with van der Waals surface area (Å²) in [5.41, 5.74) is 0.904. The van der Waals surface area contributed by atoms with E-state index < -0.39 is 5.41 Å². The third-order valence-electron chi connectivity index (χ3n) is 2.64. The van der Waals surface area contributed by atoms with E-state index in [1.807, 2.05) is 45.0 Å². The van der Waals surface area contributed by atoms with Crippen LogP contribution in [0, 0.1) is 5.41 Å². The van der Waals surface area contributed by atoms with Crippen molar-refractivity contribution in [1.82, 2.24) is 4.98 Å². The Balaban J connectivity index is 2.41. The van der Waals surface area contributed by atoms with E-state index in [4.69, 9.17) is 11.6 Å². The molecule has 4 heteroatoms. The van der Waals surface area contributed by atoms with Crippen molar-refractivity contribution in [3.8, 4) is 0 Å². The molecule has 0 aliphatic heterocycles. The topological polar surface area (TPSA) is 42.0 Å². The molecule has 1 N–H and O–H groups in total. The number of aromatic nitrogens is 1. The number of amides is 1. The lowest BCUT2D eigenvalue weighted by atomic mass is 9.95. The van der Waals surface area contributed by atoms with Crippen LogP contribution >= 0.6 is 11.6 Å². The molecule has 94 valence electrons. The lowest BCUT2D eigenvalue weighted by Crippen LogP contribution is -2.27. The largest absolute Gasteiger partial charge is 0.323 e. The molecular formula is C14H15ClN2O. The number of pyridine rings is 1. The van der Waals surface area contributed by atoms with Gasteiger partial charge in [0.15, 0.2) is 0 Å². The predicted molar refractivity (Wildman–Crippen MR) is 74.8 cm³/mol. The van der Waals surface area contributed by atoms with Crippen LogP contribution in [0.5, 0.6) is 0 Å². The van der Waals surface area contributed by atoms with Gasteiger partial charge in [-0.3, -0.25) is 9.78 Å². The normalized spacial score (nSPS) is 11.6. The molecule has 0 unspecified atom stereocenters. The number of carbonyl (C=O) groups excluding carboxylic acids is 1. The fourth-order valence-electron chi connectivity index (χ4n) is 1.50. The number of carbonyl (C=O) groups is 1. The Labute approximate surface area is 111 Å². The fourth-order valence-corrected chi connectivity index (χ4v) is 1.76. The van der Waals surface area contributed by atoms with E-state index in [2.05, 4.69) is 10.3 Å². The van der Waals surface area contributed by atoms with E-state index in [1.54, 1.807) is 6.20 Å². The summed E-state index contributed by atoms with van der Waals surface area (Å²) in [6.45, 7) is 5.56. The van der Waals surface area contributed by atoms with Crippen molar-refractivity contribution in [2.45, 2.75) is 20.8 Å². The van der Waals surface area contributed by atoms with Gasteiger partial charge in [-0.2, -0.15) is 0 Å². The zero-order chi connectivity index (χ0) is 13.3. The molecule has 2 rings (SSSR count). The molecule has 1 heterocycles. The molecule has 0 bridgehead atoms. The predicted octanol–water partition coefficient (Wildman–Crippen LogP) is 3.87. The third-order valence-corrected chi connectivity index (χ3v) is 3.05. The van der Waals surface area contributed by atoms with Crippen LogP contribution in [0.25, 0.3) is 10.9 Å². The van der Waals surface area contributed by atoms with Crippen LogP contribution in [0.15, 0.2) is 30.5 Å². The standard InChI is InChI=1S/C14H15ClN2O/c1-14(2,3)13(18)17-11-8-16-10-7-5-4-6-9(10)12(11)15/h4-8H,1-3H3,(H,17,18). The maximum atomic E-state index is 11.9. The fraction of sp³-hybridized carbons (Fsp3) is 0.286. The summed E-state index contributed by atoms with van der Waals surface area (Å²) in [6.07, 6.45) is 1.59. The van der Waals surface area contributed by atoms with Gasteiger partial charge < -0.3 is 5.32 Å². The molecule has 0 aliphatic rings. The van der Waals surface area contributed by atoms with Gasteiger partial charge in [0, 0.05) is 10.8 Å². The van der Waals surface area contributed by atoms with Crippen molar-refractivity contribution in [3.05, 3.63) is 35.5 Å². The highest BCUT2D eigenvalue weighted by Gasteiger charge is 2.22. The van der Waals surface area contributed by atoms with E-state index in [9.17, 15) is 4.79 Å². The van der Waals surface area contributed by atoms with Gasteiger partial charge in [-0.15, -0.1) is 0 Å². The Morgan fingerprint density at radius 3 is 2.61 bits per heavy atom. The van der Waals surface area contributed by atoms with Crippen LogP contribution in [0.4, 0.5) is 5.69 Å². The Morgan fingerprint density at radius 1 is 1.28 bits per heavy atom. The molecule has 1 amide bonds. The summed E-state index contributed by atoms with van der Waals surface area (Å²) in [5, 5.41) is 4.17. The van der Waals surface area contributed by atoms with Crippen molar-refractivity contribution >= 4 is 34.1 Å². The number of benzene rings is 1. The monoisotopic (exact) mass is 262 g/mol. The first-order valence-electron chi connectivity index (χ1n) is 5.74. The van der Waals surface area contributed by atoms with E-state index >= 15 is 0 Å². The summed E-state index contributed by atoms with van der Waals surface area (Å²) >= 11 is 6.28. The third kappa shape index (κ3) is 2.46. The Morgan fingerprint density at radius 2 is 1.94 bits per heavy atom. The highest BCUT2D eigenvalue weighted by molar-refractivity contribution is 6.38. The molecule has 1 aromatic carbocycles. The number of nitrogens with one attached hydrogen (secondary N) is 1. The number of rotatable bonds is 1. The van der Waals surface area contributed by atoms with Crippen LogP contribution in [-0.2, 0) is 4.79 Å². The van der Waals surface area contributed by atoms with Gasteiger partial charge in [-0.05, 0) is 6.07 Å². The number of nitrogens with zero attached hydrogens (tertiary/aromatic N) is 1. The number of para-hydroxylation sites is 1. The van der Waals surface area contributed by atoms with Crippen LogP contribution < -0.4 is 5.32 Å².